The fourth-order valence-electron chi connectivity index (χ4n) is 2.48. The van der Waals surface area contributed by atoms with Crippen molar-refractivity contribution in [1.82, 2.24) is 0 Å². The van der Waals surface area contributed by atoms with E-state index in [1.165, 1.54) is 7.05 Å². The summed E-state index contributed by atoms with van der Waals surface area (Å²) in [6, 6.07) is 2.84. The number of phenols is 1. The van der Waals surface area contributed by atoms with Crippen LogP contribution >= 0.6 is 0 Å². The summed E-state index contributed by atoms with van der Waals surface area (Å²) in [5, 5.41) is 24.8. The number of allylic oxidation sites excluding steroid dienone is 2. The molecule has 0 fully saturated rings. The Hall–Kier alpha value is -2.48. The third kappa shape index (κ3) is 5.61. The minimum Gasteiger partial charge on any atom is -0.505 e. The molecular formula is C17H18CuN4O7S2. The smallest absolute Gasteiger partial charge is 0.296 e. The molecule has 0 spiro atoms. The van der Waals surface area contributed by atoms with Crippen LogP contribution in [0, 0.1) is 0 Å². The minimum atomic E-state index is -5.00. The van der Waals surface area contributed by atoms with E-state index in [0.717, 1.165) is 18.2 Å². The number of fused-ring (bicyclic) bond motifs is 1. The van der Waals surface area contributed by atoms with Gasteiger partial charge in [0.2, 0.25) is 0 Å². The van der Waals surface area contributed by atoms with Gasteiger partial charge >= 0.3 is 0 Å². The molecule has 0 aliphatic rings. The Bertz CT molecular complexity index is 1350. The monoisotopic (exact) mass is 517 g/mol. The summed E-state index contributed by atoms with van der Waals surface area (Å²) in [4.78, 5) is -1.65. The number of azo groups is 2. The predicted octanol–water partition coefficient (Wildman–Crippen LogP) is 4.31. The average Bonchev–Trinajstić information content (AvgIpc) is 2.64. The van der Waals surface area contributed by atoms with Gasteiger partial charge in [0.15, 0.2) is 5.75 Å². The number of nitrogens with zero attached hydrogens (tertiary/aromatic N) is 4. The maximum atomic E-state index is 11.9. The van der Waals surface area contributed by atoms with Crippen LogP contribution in [0.4, 0.5) is 11.4 Å². The second-order valence-corrected chi connectivity index (χ2v) is 8.73. The van der Waals surface area contributed by atoms with E-state index in [1.54, 1.807) is 19.9 Å². The molecule has 171 valence electrons. The van der Waals surface area contributed by atoms with Crippen LogP contribution < -0.4 is 0 Å². The third-order valence-electron chi connectivity index (χ3n) is 4.08. The van der Waals surface area contributed by atoms with Gasteiger partial charge in [-0.05, 0) is 37.6 Å². The molecule has 0 aliphatic carbocycles. The maximum Gasteiger partial charge on any atom is 0.296 e. The van der Waals surface area contributed by atoms with Crippen LogP contribution in [-0.2, 0) is 37.3 Å². The largest absolute Gasteiger partial charge is 0.505 e. The van der Waals surface area contributed by atoms with Gasteiger partial charge in [0.1, 0.15) is 15.5 Å². The quantitative estimate of drug-likeness (QED) is 0.221. The van der Waals surface area contributed by atoms with Crippen LogP contribution in [0.2, 0.25) is 0 Å². The first kappa shape index (κ1) is 26.6. The van der Waals surface area contributed by atoms with Crippen molar-refractivity contribution in [3.63, 3.8) is 0 Å². The number of benzene rings is 2. The zero-order valence-electron chi connectivity index (χ0n) is 16.4. The average molecular weight is 518 g/mol. The molecule has 0 amide bonds. The second-order valence-electron chi connectivity index (χ2n) is 5.95. The summed E-state index contributed by atoms with van der Waals surface area (Å²) < 4.78 is 66.4. The molecular weight excluding hydrogens is 500 g/mol. The van der Waals surface area contributed by atoms with Crippen LogP contribution in [0.3, 0.4) is 0 Å². The van der Waals surface area contributed by atoms with Crippen LogP contribution in [0.1, 0.15) is 13.8 Å². The summed E-state index contributed by atoms with van der Waals surface area (Å²) in [6.07, 6.45) is 1.67. The first-order chi connectivity index (χ1) is 13.8. The van der Waals surface area contributed by atoms with Gasteiger partial charge in [-0.3, -0.25) is 9.11 Å². The molecule has 0 atom stereocenters. The molecule has 14 heteroatoms. The number of hydrogen-bond donors (Lipinski definition) is 3. The topological polar surface area (TPSA) is 178 Å². The summed E-state index contributed by atoms with van der Waals surface area (Å²) in [7, 11) is -8.51. The predicted molar refractivity (Wildman–Crippen MR) is 109 cm³/mol. The molecule has 0 saturated carbocycles. The zero-order chi connectivity index (χ0) is 22.9. The van der Waals surface area contributed by atoms with Crippen molar-refractivity contribution in [2.75, 3.05) is 7.05 Å². The van der Waals surface area contributed by atoms with Gasteiger partial charge in [-0.25, -0.2) is 0 Å². The molecule has 0 heterocycles. The minimum absolute atomic E-state index is 0. The normalized spacial score (nSPS) is 13.1. The first-order valence-corrected chi connectivity index (χ1v) is 11.0. The van der Waals surface area contributed by atoms with E-state index in [4.69, 9.17) is 0 Å². The summed E-state index contributed by atoms with van der Waals surface area (Å²) in [5.74, 6) is -0.845. The maximum absolute atomic E-state index is 11.9. The molecule has 11 nitrogen and oxygen atoms in total. The Kier molecular flexibility index (Phi) is 8.36. The number of aromatic hydroxyl groups is 1. The van der Waals surface area contributed by atoms with Crippen molar-refractivity contribution in [1.29, 1.82) is 0 Å². The molecule has 31 heavy (non-hydrogen) atoms. The Labute approximate surface area is 189 Å². The van der Waals surface area contributed by atoms with Crippen molar-refractivity contribution >= 4 is 42.4 Å². The second kappa shape index (κ2) is 9.76. The standard InChI is InChI=1S/C17H18N4O7S2.Cu/c1-5-9(2)10(3)19-21-16-14(30(26,27)28)8-11-13(29(23,24)25)7-6-12(20-18-4)15(11)17(16)22;/h5-8,22H,3H2,1-2,4H3,(H,23,24,25)(H,26,27,28);/b9-5+,20-18?,21-19?;. The first-order valence-electron chi connectivity index (χ1n) is 8.14. The summed E-state index contributed by atoms with van der Waals surface area (Å²) >= 11 is 0. The van der Waals surface area contributed by atoms with E-state index in [-0.39, 0.29) is 33.8 Å². The molecule has 1 radical (unpaired) electrons. The van der Waals surface area contributed by atoms with Crippen molar-refractivity contribution < 1.29 is 48.1 Å². The molecule has 0 aliphatic heterocycles. The van der Waals surface area contributed by atoms with Gasteiger partial charge < -0.3 is 5.11 Å². The van der Waals surface area contributed by atoms with E-state index in [0.29, 0.717) is 5.57 Å². The Balaban J connectivity index is 0.00000480. The van der Waals surface area contributed by atoms with Crippen LogP contribution in [0.25, 0.3) is 10.8 Å². The molecule has 3 N–H and O–H groups in total. The van der Waals surface area contributed by atoms with Crippen LogP contribution in [0.15, 0.2) is 72.4 Å². The fraction of sp³-hybridized carbons (Fsp3) is 0.176. The fourth-order valence-corrected chi connectivity index (χ4v) is 3.81. The number of rotatable bonds is 6. The Morgan fingerprint density at radius 3 is 2.13 bits per heavy atom. The van der Waals surface area contributed by atoms with Gasteiger partial charge in [0.05, 0.1) is 16.8 Å². The van der Waals surface area contributed by atoms with Gasteiger partial charge in [-0.1, -0.05) is 12.7 Å². The van der Waals surface area contributed by atoms with E-state index in [1.807, 2.05) is 0 Å². The van der Waals surface area contributed by atoms with E-state index >= 15 is 0 Å². The van der Waals surface area contributed by atoms with E-state index < -0.39 is 46.9 Å². The molecule has 2 aromatic carbocycles. The van der Waals surface area contributed by atoms with Crippen molar-refractivity contribution in [3.8, 4) is 5.75 Å². The molecule has 0 unspecified atom stereocenters. The zero-order valence-corrected chi connectivity index (χ0v) is 19.0. The molecule has 2 aromatic rings. The third-order valence-corrected chi connectivity index (χ3v) is 5.85. The van der Waals surface area contributed by atoms with E-state index in [9.17, 15) is 31.0 Å². The Morgan fingerprint density at radius 2 is 1.65 bits per heavy atom. The molecule has 0 bridgehead atoms. The SMILES string of the molecule is C=C(N=Nc1c(S(=O)(=O)O)cc2c(S(=O)(=O)O)ccc(N=NC)c2c1O)/C(C)=C/C.[Cu]. The van der Waals surface area contributed by atoms with Crippen LogP contribution in [0.5, 0.6) is 5.75 Å². The van der Waals surface area contributed by atoms with Crippen molar-refractivity contribution in [2.24, 2.45) is 20.5 Å². The summed E-state index contributed by atoms with van der Waals surface area (Å²) in [6.45, 7) is 7.03. The van der Waals surface area contributed by atoms with Crippen LogP contribution in [-0.4, -0.2) is 38.1 Å². The van der Waals surface area contributed by atoms with Gasteiger partial charge in [-0.2, -0.15) is 32.2 Å². The van der Waals surface area contributed by atoms with E-state index in [2.05, 4.69) is 27.0 Å². The molecule has 0 aromatic heterocycles. The summed E-state index contributed by atoms with van der Waals surface area (Å²) in [5.41, 5.74) is 0.0503. The molecule has 2 rings (SSSR count). The van der Waals surface area contributed by atoms with Gasteiger partial charge in [0, 0.05) is 29.5 Å². The Morgan fingerprint density at radius 1 is 1.06 bits per heavy atom. The number of phenolic OH excluding ortho intramolecular Hbond substituents is 1. The number of hydrogen-bond acceptors (Lipinski definition) is 9. The van der Waals surface area contributed by atoms with Crippen molar-refractivity contribution in [2.45, 2.75) is 23.6 Å². The van der Waals surface area contributed by atoms with Gasteiger partial charge in [-0.15, -0.1) is 5.11 Å². The van der Waals surface area contributed by atoms with Crippen molar-refractivity contribution in [3.05, 3.63) is 42.1 Å². The van der Waals surface area contributed by atoms with Gasteiger partial charge in [0.25, 0.3) is 20.2 Å². The molecule has 0 saturated heterocycles.